The maximum atomic E-state index is 5.31. The lowest BCUT2D eigenvalue weighted by Crippen LogP contribution is -2.41. The number of quaternary nitrogens is 1. The Morgan fingerprint density at radius 3 is 1.00 bits per heavy atom. The van der Waals surface area contributed by atoms with Crippen LogP contribution in [0.4, 0.5) is 0 Å². The van der Waals surface area contributed by atoms with Gasteiger partial charge >= 0.3 is 0 Å². The smallest absolute Gasteiger partial charge is 0.0829 e. The van der Waals surface area contributed by atoms with Gasteiger partial charge in [0.1, 0.15) is 0 Å². The molecule has 0 bridgehead atoms. The first-order valence-corrected chi connectivity index (χ1v) is 11.5. The van der Waals surface area contributed by atoms with Crippen molar-refractivity contribution in [1.29, 1.82) is 0 Å². The van der Waals surface area contributed by atoms with Gasteiger partial charge in [0, 0.05) is 12.0 Å². The average molecular weight is 434 g/mol. The van der Waals surface area contributed by atoms with Crippen molar-refractivity contribution in [3.05, 3.63) is 0 Å². The van der Waals surface area contributed by atoms with Crippen LogP contribution >= 0.6 is 0 Å². The van der Waals surface area contributed by atoms with E-state index in [1.807, 2.05) is 7.05 Å². The summed E-state index contributed by atoms with van der Waals surface area (Å²) in [5.74, 6) is 0. The van der Waals surface area contributed by atoms with E-state index in [4.69, 9.17) is 5.73 Å². The first-order valence-electron chi connectivity index (χ1n) is 11.5. The highest BCUT2D eigenvalue weighted by Crippen LogP contribution is 2.16. The number of hydrogen-bond donors (Lipinski definition) is 2. The molecule has 0 heterocycles. The van der Waals surface area contributed by atoms with Crippen LogP contribution in [0.5, 0.6) is 0 Å². The minimum atomic E-state index is 0.319. The van der Waals surface area contributed by atoms with E-state index < -0.39 is 0 Å². The fourth-order valence-corrected chi connectivity index (χ4v) is 2.90. The summed E-state index contributed by atoms with van der Waals surface area (Å²) in [6, 6.07) is 0. The second-order valence-electron chi connectivity index (χ2n) is 14.7. The van der Waals surface area contributed by atoms with Gasteiger partial charge in [-0.1, -0.05) is 83.1 Å². The van der Waals surface area contributed by atoms with Gasteiger partial charge in [-0.2, -0.15) is 0 Å². The molecule has 30 heavy (non-hydrogen) atoms. The molecule has 4 heteroatoms. The van der Waals surface area contributed by atoms with Crippen LogP contribution in [0, 0.1) is 21.7 Å². The standard InChI is InChI=1S/C8H20N.C7H17N.C6H15N.C5H13N/c1-8(2,3)7-9(4,5)6;1-7(2,3)6-8(4)5;1-6(2,3)5-7-4;1-5(2,3)4-6/h7H2,1-6H3;6H2,1-5H3;7H,5H2,1-4H3;4,6H2,1-3H3/q+1;;;. The number of nitrogens with one attached hydrogen (secondary N) is 1. The van der Waals surface area contributed by atoms with Gasteiger partial charge in [-0.15, -0.1) is 0 Å². The molecule has 0 aromatic rings. The third kappa shape index (κ3) is 63.0. The molecule has 0 fully saturated rings. The molecule has 0 aromatic carbocycles. The summed E-state index contributed by atoms with van der Waals surface area (Å²) in [6.07, 6.45) is 0. The van der Waals surface area contributed by atoms with Crippen LogP contribution in [-0.4, -0.2) is 77.8 Å². The maximum Gasteiger partial charge on any atom is 0.0829 e. The molecule has 0 aliphatic carbocycles. The first kappa shape index (κ1) is 37.2. The maximum absolute atomic E-state index is 5.31. The fraction of sp³-hybridized carbons (Fsp3) is 1.00. The van der Waals surface area contributed by atoms with Gasteiger partial charge in [0.2, 0.25) is 0 Å². The van der Waals surface area contributed by atoms with Crippen molar-refractivity contribution in [3.8, 4) is 0 Å². The van der Waals surface area contributed by atoms with Crippen molar-refractivity contribution in [3.63, 3.8) is 0 Å². The van der Waals surface area contributed by atoms with Gasteiger partial charge in [-0.3, -0.25) is 0 Å². The number of nitrogens with zero attached hydrogens (tertiary/aromatic N) is 2. The van der Waals surface area contributed by atoms with E-state index in [1.54, 1.807) is 0 Å². The fourth-order valence-electron chi connectivity index (χ4n) is 2.90. The van der Waals surface area contributed by atoms with E-state index in [0.717, 1.165) is 24.1 Å². The van der Waals surface area contributed by atoms with Gasteiger partial charge in [0.05, 0.1) is 27.7 Å². The largest absolute Gasteiger partial charge is 0.330 e. The van der Waals surface area contributed by atoms with Crippen LogP contribution in [0.1, 0.15) is 83.1 Å². The van der Waals surface area contributed by atoms with Crippen molar-refractivity contribution in [2.75, 3.05) is 68.5 Å². The Kier molecular flexibility index (Phi) is 19.3. The molecule has 0 saturated heterocycles. The summed E-state index contributed by atoms with van der Waals surface area (Å²) < 4.78 is 1.06. The van der Waals surface area contributed by atoms with Crippen molar-refractivity contribution in [2.24, 2.45) is 27.4 Å². The van der Waals surface area contributed by atoms with Crippen molar-refractivity contribution in [1.82, 2.24) is 10.2 Å². The van der Waals surface area contributed by atoms with E-state index in [9.17, 15) is 0 Å². The number of rotatable bonds is 3. The highest BCUT2D eigenvalue weighted by molar-refractivity contribution is 4.63. The summed E-state index contributed by atoms with van der Waals surface area (Å²) in [6.45, 7) is 30.8. The van der Waals surface area contributed by atoms with E-state index in [2.05, 4.69) is 129 Å². The van der Waals surface area contributed by atoms with Crippen LogP contribution in [0.15, 0.2) is 0 Å². The molecule has 3 N–H and O–H groups in total. The molecule has 0 spiro atoms. The molecule has 188 valence electrons. The lowest BCUT2D eigenvalue weighted by atomic mass is 9.96. The predicted octanol–water partition coefficient (Wildman–Crippen LogP) is 5.58. The van der Waals surface area contributed by atoms with E-state index in [-0.39, 0.29) is 0 Å². The minimum Gasteiger partial charge on any atom is -0.330 e. The Balaban J connectivity index is -0.000000152. The Morgan fingerprint density at radius 1 is 0.667 bits per heavy atom. The molecular formula is C26H65N4+. The predicted molar refractivity (Wildman–Crippen MR) is 142 cm³/mol. The third-order valence-corrected chi connectivity index (χ3v) is 3.06. The third-order valence-electron chi connectivity index (χ3n) is 3.06. The van der Waals surface area contributed by atoms with Gasteiger partial charge in [-0.05, 0) is 50.5 Å². The molecule has 0 aromatic heterocycles. The molecule has 0 aliphatic heterocycles. The van der Waals surface area contributed by atoms with Crippen LogP contribution in [0.2, 0.25) is 0 Å². The molecule has 4 nitrogen and oxygen atoms in total. The van der Waals surface area contributed by atoms with Crippen LogP contribution in [0.3, 0.4) is 0 Å². The highest BCUT2D eigenvalue weighted by Gasteiger charge is 2.19. The molecule has 0 aliphatic rings. The number of nitrogens with two attached hydrogens (primary N) is 1. The summed E-state index contributed by atoms with van der Waals surface area (Å²) in [5.41, 5.74) is 6.97. The summed E-state index contributed by atoms with van der Waals surface area (Å²) in [5, 5.41) is 3.11. The Labute approximate surface area is 193 Å². The Bertz CT molecular complexity index is 354. The van der Waals surface area contributed by atoms with Gasteiger partial charge < -0.3 is 20.4 Å². The van der Waals surface area contributed by atoms with Gasteiger partial charge in [0.25, 0.3) is 0 Å². The first-order chi connectivity index (χ1) is 12.7. The normalized spacial score (nSPS) is 12.8. The van der Waals surface area contributed by atoms with E-state index >= 15 is 0 Å². The van der Waals surface area contributed by atoms with Crippen LogP contribution in [0.25, 0.3) is 0 Å². The van der Waals surface area contributed by atoms with E-state index in [0.29, 0.717) is 21.7 Å². The molecule has 0 amide bonds. The zero-order chi connectivity index (χ0) is 25.6. The lowest BCUT2D eigenvalue weighted by molar-refractivity contribution is -0.876. The average Bonchev–Trinajstić information content (AvgIpc) is 2.30. The van der Waals surface area contributed by atoms with Crippen molar-refractivity contribution in [2.45, 2.75) is 83.1 Å². The topological polar surface area (TPSA) is 41.3 Å². The zero-order valence-electron chi connectivity index (χ0n) is 24.8. The minimum absolute atomic E-state index is 0.319. The van der Waals surface area contributed by atoms with Crippen molar-refractivity contribution < 1.29 is 4.48 Å². The number of hydrogen-bond acceptors (Lipinski definition) is 3. The molecule has 0 saturated carbocycles. The van der Waals surface area contributed by atoms with Crippen molar-refractivity contribution >= 4 is 0 Å². The second kappa shape index (κ2) is 15.6. The summed E-state index contributed by atoms with van der Waals surface area (Å²) in [7, 11) is 12.9. The Morgan fingerprint density at radius 2 is 1.00 bits per heavy atom. The molecule has 0 radical (unpaired) electrons. The van der Waals surface area contributed by atoms with Crippen LogP contribution in [-0.2, 0) is 0 Å². The molecule has 0 rings (SSSR count). The monoisotopic (exact) mass is 434 g/mol. The Hall–Kier alpha value is -0.160. The van der Waals surface area contributed by atoms with E-state index in [1.165, 1.54) is 6.54 Å². The SMILES string of the molecule is CC(C)(C)CN.CC(C)(C)C[N+](C)(C)C.CN(C)CC(C)(C)C.CNCC(C)(C)C. The lowest BCUT2D eigenvalue weighted by Gasteiger charge is -2.31. The molecule has 0 unspecified atom stereocenters. The highest BCUT2D eigenvalue weighted by atomic mass is 15.3. The summed E-state index contributed by atoms with van der Waals surface area (Å²) >= 11 is 0. The van der Waals surface area contributed by atoms with Gasteiger partial charge in [0.15, 0.2) is 0 Å². The second-order valence-corrected chi connectivity index (χ2v) is 14.7. The molecular weight excluding hydrogens is 368 g/mol. The quantitative estimate of drug-likeness (QED) is 0.571. The molecule has 0 atom stereocenters. The zero-order valence-corrected chi connectivity index (χ0v) is 24.8. The summed E-state index contributed by atoms with van der Waals surface area (Å²) in [4.78, 5) is 2.21. The van der Waals surface area contributed by atoms with Crippen LogP contribution < -0.4 is 11.1 Å². The van der Waals surface area contributed by atoms with Gasteiger partial charge in [-0.25, -0.2) is 0 Å².